The third-order valence-corrected chi connectivity index (χ3v) is 7.26. The number of aliphatic carboxylic acids is 1. The van der Waals surface area contributed by atoms with Crippen LogP contribution in [0.5, 0.6) is 11.5 Å². The standard InChI is InChI=1S/C30H32F2O4/c1-30(2)15-5-7-25(30)23-16-19(9-12-22(23)24-17-21(35-3)11-13-26(24)31)18-36-27-8-4-6-20(29(27)32)10-14-28(33)34/h4,6,8-9,11-13,16-17,25H,5,7,10,14-15,18H2,1-3H3,(H,33,34). The Balaban J connectivity index is 1.66. The maximum atomic E-state index is 15.0. The van der Waals surface area contributed by atoms with Gasteiger partial charge in [-0.15, -0.1) is 0 Å². The van der Waals surface area contributed by atoms with Gasteiger partial charge in [-0.1, -0.05) is 50.6 Å². The summed E-state index contributed by atoms with van der Waals surface area (Å²) in [6.07, 6.45) is 3.15. The number of carboxylic acid groups (broad SMARTS) is 1. The first kappa shape index (κ1) is 25.7. The molecular weight excluding hydrogens is 462 g/mol. The average Bonchev–Trinajstić information content (AvgIpc) is 3.21. The van der Waals surface area contributed by atoms with E-state index in [1.165, 1.54) is 6.07 Å². The second-order valence-corrected chi connectivity index (χ2v) is 10.1. The lowest BCUT2D eigenvalue weighted by Crippen LogP contribution is -2.17. The molecule has 190 valence electrons. The van der Waals surface area contributed by atoms with Crippen molar-refractivity contribution in [3.63, 3.8) is 0 Å². The van der Waals surface area contributed by atoms with Crippen molar-refractivity contribution in [3.8, 4) is 22.6 Å². The van der Waals surface area contributed by atoms with E-state index >= 15 is 0 Å². The molecular formula is C30H32F2O4. The van der Waals surface area contributed by atoms with E-state index in [0.29, 0.717) is 16.9 Å². The summed E-state index contributed by atoms with van der Waals surface area (Å²) in [6, 6.07) is 15.4. The Morgan fingerprint density at radius 2 is 1.89 bits per heavy atom. The number of halogens is 2. The van der Waals surface area contributed by atoms with Crippen LogP contribution >= 0.6 is 0 Å². The summed E-state index contributed by atoms with van der Waals surface area (Å²) >= 11 is 0. The highest BCUT2D eigenvalue weighted by Gasteiger charge is 2.37. The molecule has 1 aliphatic carbocycles. The van der Waals surface area contributed by atoms with E-state index in [2.05, 4.69) is 19.9 Å². The maximum Gasteiger partial charge on any atom is 0.303 e. The van der Waals surface area contributed by atoms with Crippen LogP contribution in [0, 0.1) is 17.0 Å². The van der Waals surface area contributed by atoms with Crippen LogP contribution in [0.2, 0.25) is 0 Å². The third-order valence-electron chi connectivity index (χ3n) is 7.26. The fraction of sp³-hybridized carbons (Fsp3) is 0.367. The van der Waals surface area contributed by atoms with Gasteiger partial charge in [0.1, 0.15) is 18.2 Å². The van der Waals surface area contributed by atoms with Crippen LogP contribution in [0.3, 0.4) is 0 Å². The molecule has 0 heterocycles. The van der Waals surface area contributed by atoms with Crippen molar-refractivity contribution in [1.29, 1.82) is 0 Å². The molecule has 0 radical (unpaired) electrons. The average molecular weight is 495 g/mol. The number of rotatable bonds is 9. The summed E-state index contributed by atoms with van der Waals surface area (Å²) in [4.78, 5) is 10.9. The van der Waals surface area contributed by atoms with Gasteiger partial charge in [-0.05, 0) is 77.1 Å². The quantitative estimate of drug-likeness (QED) is 0.334. The van der Waals surface area contributed by atoms with Crippen LogP contribution in [-0.2, 0) is 17.8 Å². The molecule has 1 atom stereocenters. The predicted molar refractivity (Wildman–Crippen MR) is 135 cm³/mol. The van der Waals surface area contributed by atoms with E-state index < -0.39 is 11.8 Å². The van der Waals surface area contributed by atoms with E-state index in [-0.39, 0.29) is 42.3 Å². The highest BCUT2D eigenvalue weighted by atomic mass is 19.1. The molecule has 0 aromatic heterocycles. The zero-order valence-electron chi connectivity index (χ0n) is 20.9. The van der Waals surface area contributed by atoms with Gasteiger partial charge in [0, 0.05) is 12.0 Å². The number of methoxy groups -OCH3 is 1. The predicted octanol–water partition coefficient (Wildman–Crippen LogP) is 7.53. The number of benzene rings is 3. The van der Waals surface area contributed by atoms with Crippen molar-refractivity contribution in [2.45, 2.75) is 58.5 Å². The molecule has 4 rings (SSSR count). The zero-order valence-corrected chi connectivity index (χ0v) is 20.9. The van der Waals surface area contributed by atoms with Crippen molar-refractivity contribution in [2.75, 3.05) is 7.11 Å². The fourth-order valence-electron chi connectivity index (χ4n) is 5.24. The van der Waals surface area contributed by atoms with Gasteiger partial charge >= 0.3 is 5.97 Å². The number of aryl methyl sites for hydroxylation is 1. The van der Waals surface area contributed by atoms with Crippen LogP contribution in [-0.4, -0.2) is 18.2 Å². The topological polar surface area (TPSA) is 55.8 Å². The summed E-state index contributed by atoms with van der Waals surface area (Å²) in [6.45, 7) is 4.63. The molecule has 0 aliphatic heterocycles. The van der Waals surface area contributed by atoms with Gasteiger partial charge in [-0.2, -0.15) is 0 Å². The first-order valence-corrected chi connectivity index (χ1v) is 12.3. The maximum absolute atomic E-state index is 15.0. The third kappa shape index (κ3) is 5.53. The lowest BCUT2D eigenvalue weighted by molar-refractivity contribution is -0.136. The Morgan fingerprint density at radius 3 is 2.58 bits per heavy atom. The first-order valence-electron chi connectivity index (χ1n) is 12.3. The lowest BCUT2D eigenvalue weighted by atomic mass is 9.75. The summed E-state index contributed by atoms with van der Waals surface area (Å²) in [5, 5.41) is 8.91. The van der Waals surface area contributed by atoms with Crippen molar-refractivity contribution in [3.05, 3.63) is 82.9 Å². The Morgan fingerprint density at radius 1 is 1.08 bits per heavy atom. The molecule has 0 amide bonds. The fourth-order valence-corrected chi connectivity index (χ4v) is 5.24. The van der Waals surface area contributed by atoms with E-state index in [0.717, 1.165) is 36.0 Å². The number of carboxylic acids is 1. The van der Waals surface area contributed by atoms with Gasteiger partial charge < -0.3 is 14.6 Å². The van der Waals surface area contributed by atoms with Crippen molar-refractivity contribution < 1.29 is 28.2 Å². The van der Waals surface area contributed by atoms with Gasteiger partial charge in [-0.3, -0.25) is 4.79 Å². The number of carbonyl (C=O) groups is 1. The largest absolute Gasteiger partial charge is 0.497 e. The van der Waals surface area contributed by atoms with E-state index in [1.807, 2.05) is 12.1 Å². The van der Waals surface area contributed by atoms with Gasteiger partial charge in [-0.25, -0.2) is 8.78 Å². The van der Waals surface area contributed by atoms with Crippen LogP contribution in [0.1, 0.15) is 62.1 Å². The Hall–Kier alpha value is -3.41. The molecule has 1 saturated carbocycles. The molecule has 6 heteroatoms. The summed E-state index contributed by atoms with van der Waals surface area (Å²) < 4.78 is 41.0. The second kappa shape index (κ2) is 10.7. The molecule has 3 aromatic carbocycles. The lowest BCUT2D eigenvalue weighted by Gasteiger charge is -2.30. The van der Waals surface area contributed by atoms with Crippen LogP contribution in [0.25, 0.3) is 11.1 Å². The molecule has 3 aromatic rings. The van der Waals surface area contributed by atoms with Crippen molar-refractivity contribution in [2.24, 2.45) is 5.41 Å². The zero-order chi connectivity index (χ0) is 25.9. The van der Waals surface area contributed by atoms with Crippen LogP contribution in [0.15, 0.2) is 54.6 Å². The molecule has 0 bridgehead atoms. The minimum Gasteiger partial charge on any atom is -0.497 e. The van der Waals surface area contributed by atoms with Crippen molar-refractivity contribution in [1.82, 2.24) is 0 Å². The minimum atomic E-state index is -0.976. The van der Waals surface area contributed by atoms with Gasteiger partial charge in [0.05, 0.1) is 7.11 Å². The molecule has 1 unspecified atom stereocenters. The highest BCUT2D eigenvalue weighted by molar-refractivity contribution is 5.71. The van der Waals surface area contributed by atoms with Gasteiger partial charge in [0.25, 0.3) is 0 Å². The number of hydrogen-bond donors (Lipinski definition) is 1. The Labute approximate surface area is 210 Å². The molecule has 1 fully saturated rings. The molecule has 36 heavy (non-hydrogen) atoms. The monoisotopic (exact) mass is 494 g/mol. The van der Waals surface area contributed by atoms with E-state index in [1.54, 1.807) is 37.4 Å². The summed E-state index contributed by atoms with van der Waals surface area (Å²) in [5.41, 5.74) is 3.62. The minimum absolute atomic E-state index is 0.0636. The molecule has 4 nitrogen and oxygen atoms in total. The van der Waals surface area contributed by atoms with E-state index in [9.17, 15) is 13.6 Å². The molecule has 0 saturated heterocycles. The Bertz CT molecular complexity index is 1250. The second-order valence-electron chi connectivity index (χ2n) is 10.1. The van der Waals surface area contributed by atoms with Crippen LogP contribution in [0.4, 0.5) is 8.78 Å². The van der Waals surface area contributed by atoms with Crippen molar-refractivity contribution >= 4 is 5.97 Å². The van der Waals surface area contributed by atoms with Gasteiger partial charge in [0.2, 0.25) is 0 Å². The molecule has 1 N–H and O–H groups in total. The SMILES string of the molecule is COc1ccc(F)c(-c2ccc(COc3cccc(CCC(=O)O)c3F)cc2C2CCCC2(C)C)c1. The van der Waals surface area contributed by atoms with Gasteiger partial charge in [0.15, 0.2) is 11.6 Å². The number of ether oxygens (including phenoxy) is 2. The summed E-state index contributed by atoms with van der Waals surface area (Å²) in [5.74, 6) is -0.898. The smallest absolute Gasteiger partial charge is 0.303 e. The first-order chi connectivity index (χ1) is 17.2. The number of hydrogen-bond acceptors (Lipinski definition) is 3. The highest BCUT2D eigenvalue weighted by Crippen LogP contribution is 2.51. The summed E-state index contributed by atoms with van der Waals surface area (Å²) in [7, 11) is 1.56. The molecule has 1 aliphatic rings. The van der Waals surface area contributed by atoms with Crippen LogP contribution < -0.4 is 9.47 Å². The Kier molecular flexibility index (Phi) is 7.62. The van der Waals surface area contributed by atoms with E-state index in [4.69, 9.17) is 14.6 Å². The molecule has 0 spiro atoms. The normalized spacial score (nSPS) is 16.6.